The lowest BCUT2D eigenvalue weighted by molar-refractivity contribution is -0.151. The maximum absolute atomic E-state index is 12.6. The van der Waals surface area contributed by atoms with Gasteiger partial charge >= 0.3 is 11.5 Å². The molecule has 0 spiro atoms. The normalized spacial score (nSPS) is 16.2. The highest BCUT2D eigenvalue weighted by Crippen LogP contribution is 2.33. The lowest BCUT2D eigenvalue weighted by atomic mass is 10.3. The van der Waals surface area contributed by atoms with Gasteiger partial charge in [0.25, 0.3) is 0 Å². The average molecular weight is 218 g/mol. The molecule has 0 rings (SSSR count). The van der Waals surface area contributed by atoms with Gasteiger partial charge in [0.15, 0.2) is 0 Å². The van der Waals surface area contributed by atoms with Crippen molar-refractivity contribution < 1.29 is 23.0 Å². The maximum Gasteiger partial charge on any atom is 0.409 e. The molecule has 0 aliphatic carbocycles. The molecule has 7 heteroatoms. The number of alkyl halides is 3. The van der Waals surface area contributed by atoms with Gasteiger partial charge in [-0.05, 0) is 18.5 Å². The number of rotatable bonds is 3. The van der Waals surface area contributed by atoms with E-state index in [1.807, 2.05) is 0 Å². The summed E-state index contributed by atoms with van der Waals surface area (Å²) >= 11 is 4.71. The highest BCUT2D eigenvalue weighted by Gasteiger charge is 2.51. The molecule has 0 aromatic carbocycles. The van der Waals surface area contributed by atoms with Gasteiger partial charge in [-0.3, -0.25) is 5.32 Å². The van der Waals surface area contributed by atoms with E-state index in [9.17, 15) is 13.6 Å². The first-order valence-corrected chi connectivity index (χ1v) is 3.62. The molecule has 0 saturated carbocycles. The number of halogens is 3. The van der Waals surface area contributed by atoms with Crippen molar-refractivity contribution >= 4 is 17.7 Å². The predicted octanol–water partition coefficient (Wildman–Crippen LogP) is 1.54. The third kappa shape index (κ3) is 2.96. The van der Waals surface area contributed by atoms with Gasteiger partial charge in [-0.15, -0.1) is 0 Å². The summed E-state index contributed by atoms with van der Waals surface area (Å²) in [4.78, 5) is 10.6. The summed E-state index contributed by atoms with van der Waals surface area (Å²) in [6.45, 7) is 0.928. The first-order valence-electron chi connectivity index (χ1n) is 3.25. The van der Waals surface area contributed by atoms with Crippen LogP contribution in [0.2, 0.25) is 0 Å². The molecule has 1 unspecified atom stereocenters. The molecule has 0 bridgehead atoms. The second-order valence-corrected chi connectivity index (χ2v) is 2.83. The van der Waals surface area contributed by atoms with Gasteiger partial charge in [-0.25, -0.2) is 4.79 Å². The molecular weight excluding hydrogens is 208 g/mol. The number of hydrogen-bond donors (Lipinski definition) is 1. The van der Waals surface area contributed by atoms with Gasteiger partial charge in [0, 0.05) is 7.11 Å². The van der Waals surface area contributed by atoms with E-state index in [4.69, 9.17) is 11.6 Å². The molecular formula is C6H10ClF2NO3. The van der Waals surface area contributed by atoms with Crippen LogP contribution in [0.25, 0.3) is 0 Å². The standard InChI is InChI=1S/C6H10ClF2NO3/c1-5(13-3,6(7,8)9)10-4(11)12-2/h1-3H3,(H,10,11). The summed E-state index contributed by atoms with van der Waals surface area (Å²) in [6.07, 6.45) is -1.05. The average Bonchev–Trinajstić information content (AvgIpc) is 2.02. The third-order valence-corrected chi connectivity index (χ3v) is 1.84. The van der Waals surface area contributed by atoms with E-state index in [2.05, 4.69) is 9.47 Å². The monoisotopic (exact) mass is 217 g/mol. The van der Waals surface area contributed by atoms with Crippen molar-refractivity contribution in [1.82, 2.24) is 5.32 Å². The number of hydrogen-bond acceptors (Lipinski definition) is 3. The minimum atomic E-state index is -3.73. The van der Waals surface area contributed by atoms with Gasteiger partial charge < -0.3 is 9.47 Å². The van der Waals surface area contributed by atoms with Crippen LogP contribution in [0.15, 0.2) is 0 Å². The molecule has 1 atom stereocenters. The summed E-state index contributed by atoms with van der Waals surface area (Å²) in [7, 11) is 2.03. The van der Waals surface area contributed by atoms with Crippen LogP contribution < -0.4 is 5.32 Å². The molecule has 78 valence electrons. The number of alkyl carbamates (subject to hydrolysis) is 1. The van der Waals surface area contributed by atoms with Crippen molar-refractivity contribution in [3.63, 3.8) is 0 Å². The van der Waals surface area contributed by atoms with Crippen LogP contribution in [0.3, 0.4) is 0 Å². The molecule has 0 aliphatic rings. The van der Waals surface area contributed by atoms with Crippen molar-refractivity contribution in [3.05, 3.63) is 0 Å². The molecule has 0 aliphatic heterocycles. The van der Waals surface area contributed by atoms with E-state index in [0.29, 0.717) is 0 Å². The van der Waals surface area contributed by atoms with Crippen molar-refractivity contribution in [2.75, 3.05) is 14.2 Å². The smallest absolute Gasteiger partial charge is 0.409 e. The fourth-order valence-corrected chi connectivity index (χ4v) is 0.608. The summed E-state index contributed by atoms with van der Waals surface area (Å²) < 4.78 is 33.8. The first kappa shape index (κ1) is 12.4. The quantitative estimate of drug-likeness (QED) is 0.576. The number of nitrogens with one attached hydrogen (secondary N) is 1. The van der Waals surface area contributed by atoms with E-state index in [-0.39, 0.29) is 0 Å². The van der Waals surface area contributed by atoms with Gasteiger partial charge in [0.2, 0.25) is 5.72 Å². The zero-order chi connectivity index (χ0) is 10.7. The molecule has 0 aromatic heterocycles. The van der Waals surface area contributed by atoms with Crippen LogP contribution in [0.5, 0.6) is 0 Å². The summed E-state index contributed by atoms with van der Waals surface area (Å²) in [5, 5.41) is -1.96. The second-order valence-electron chi connectivity index (χ2n) is 2.35. The van der Waals surface area contributed by atoms with Gasteiger partial charge in [0.1, 0.15) is 0 Å². The Morgan fingerprint density at radius 3 is 2.15 bits per heavy atom. The minimum absolute atomic E-state index is 0.928. The van der Waals surface area contributed by atoms with E-state index < -0.39 is 17.2 Å². The number of carbonyl (C=O) groups is 1. The third-order valence-electron chi connectivity index (χ3n) is 1.48. The molecule has 0 radical (unpaired) electrons. The SMILES string of the molecule is COC(=O)NC(C)(OC)C(F)(F)Cl. The van der Waals surface area contributed by atoms with Gasteiger partial charge in [0.05, 0.1) is 7.11 Å². The minimum Gasteiger partial charge on any atom is -0.453 e. The second kappa shape index (κ2) is 4.06. The molecule has 1 amide bonds. The Morgan fingerprint density at radius 2 is 1.92 bits per heavy atom. The molecule has 13 heavy (non-hydrogen) atoms. The predicted molar refractivity (Wildman–Crippen MR) is 41.8 cm³/mol. The topological polar surface area (TPSA) is 47.6 Å². The Bertz CT molecular complexity index is 197. The van der Waals surface area contributed by atoms with Crippen LogP contribution in [-0.4, -0.2) is 31.4 Å². The Kier molecular flexibility index (Phi) is 3.87. The zero-order valence-corrected chi connectivity index (χ0v) is 8.11. The van der Waals surface area contributed by atoms with E-state index >= 15 is 0 Å². The zero-order valence-electron chi connectivity index (χ0n) is 7.36. The summed E-state index contributed by atoms with van der Waals surface area (Å²) in [6, 6.07) is 0. The lowest BCUT2D eigenvalue weighted by Gasteiger charge is -2.31. The molecule has 0 aromatic rings. The summed E-state index contributed by atoms with van der Waals surface area (Å²) in [5.41, 5.74) is -2.29. The highest BCUT2D eigenvalue weighted by atomic mass is 35.5. The van der Waals surface area contributed by atoms with Crippen LogP contribution in [0.4, 0.5) is 13.6 Å². The van der Waals surface area contributed by atoms with Crippen molar-refractivity contribution in [3.8, 4) is 0 Å². The summed E-state index contributed by atoms with van der Waals surface area (Å²) in [5.74, 6) is 0. The van der Waals surface area contributed by atoms with Crippen LogP contribution >= 0.6 is 11.6 Å². The van der Waals surface area contributed by atoms with Crippen LogP contribution in [0.1, 0.15) is 6.92 Å². The largest absolute Gasteiger partial charge is 0.453 e. The van der Waals surface area contributed by atoms with Crippen molar-refractivity contribution in [1.29, 1.82) is 0 Å². The molecule has 0 heterocycles. The molecule has 0 fully saturated rings. The number of methoxy groups -OCH3 is 2. The number of ether oxygens (including phenoxy) is 2. The van der Waals surface area contributed by atoms with E-state index in [1.165, 1.54) is 0 Å². The fraction of sp³-hybridized carbons (Fsp3) is 0.833. The first-order chi connectivity index (χ1) is 5.77. The Morgan fingerprint density at radius 1 is 1.46 bits per heavy atom. The fourth-order valence-electron chi connectivity index (χ4n) is 0.483. The molecule has 4 nitrogen and oxygen atoms in total. The highest BCUT2D eigenvalue weighted by molar-refractivity contribution is 6.22. The number of amides is 1. The van der Waals surface area contributed by atoms with Crippen LogP contribution in [-0.2, 0) is 9.47 Å². The Hall–Kier alpha value is -0.620. The van der Waals surface area contributed by atoms with E-state index in [0.717, 1.165) is 21.1 Å². The van der Waals surface area contributed by atoms with Crippen molar-refractivity contribution in [2.24, 2.45) is 0 Å². The molecule has 1 N–H and O–H groups in total. The van der Waals surface area contributed by atoms with Gasteiger partial charge in [-0.2, -0.15) is 8.78 Å². The van der Waals surface area contributed by atoms with Gasteiger partial charge in [-0.1, -0.05) is 0 Å². The van der Waals surface area contributed by atoms with Crippen LogP contribution in [0, 0.1) is 0 Å². The Balaban J connectivity index is 4.56. The maximum atomic E-state index is 12.6. The Labute approximate surface area is 79.1 Å². The lowest BCUT2D eigenvalue weighted by Crippen LogP contribution is -2.57. The van der Waals surface area contributed by atoms with E-state index in [1.54, 1.807) is 5.32 Å². The molecule has 0 saturated heterocycles. The number of carbonyl (C=O) groups excluding carboxylic acids is 1. The van der Waals surface area contributed by atoms with Crippen molar-refractivity contribution in [2.45, 2.75) is 18.0 Å².